The summed E-state index contributed by atoms with van der Waals surface area (Å²) in [6, 6.07) is 12.3. The van der Waals surface area contributed by atoms with E-state index in [4.69, 9.17) is 9.47 Å². The van der Waals surface area contributed by atoms with Crippen molar-refractivity contribution in [3.05, 3.63) is 58.2 Å². The summed E-state index contributed by atoms with van der Waals surface area (Å²) in [4.78, 5) is 3.32. The summed E-state index contributed by atoms with van der Waals surface area (Å²) >= 11 is 3.59. The fraction of sp³-hybridized carbons (Fsp3) is 0.263. The Kier molecular flexibility index (Phi) is 7.17. The highest BCUT2D eigenvalue weighted by molar-refractivity contribution is 9.10. The van der Waals surface area contributed by atoms with Crippen molar-refractivity contribution in [2.45, 2.75) is 13.0 Å². The van der Waals surface area contributed by atoms with Gasteiger partial charge < -0.3 is 19.8 Å². The summed E-state index contributed by atoms with van der Waals surface area (Å²) in [7, 11) is 3.30. The van der Waals surface area contributed by atoms with Crippen molar-refractivity contribution in [2.24, 2.45) is 0 Å². The smallest absolute Gasteiger partial charge is 0.161 e. The molecule has 0 spiro atoms. The van der Waals surface area contributed by atoms with E-state index < -0.39 is 0 Å². The number of hydrogen-bond donors (Lipinski definition) is 2. The average Bonchev–Trinajstić information content (AvgIpc) is 3.02. The molecule has 3 rings (SSSR count). The van der Waals surface area contributed by atoms with E-state index in [1.807, 2.05) is 12.1 Å². The first-order valence-corrected chi connectivity index (χ1v) is 8.68. The zero-order chi connectivity index (χ0) is 16.9. The van der Waals surface area contributed by atoms with Gasteiger partial charge in [0.25, 0.3) is 0 Å². The van der Waals surface area contributed by atoms with Crippen molar-refractivity contribution < 1.29 is 9.47 Å². The van der Waals surface area contributed by atoms with Gasteiger partial charge in [-0.2, -0.15) is 0 Å². The number of H-pyrrole nitrogens is 1. The molecule has 0 aliphatic rings. The van der Waals surface area contributed by atoms with Crippen LogP contribution in [0.15, 0.2) is 47.1 Å². The number of nitrogens with one attached hydrogen (secondary N) is 2. The number of para-hydroxylation sites is 1. The normalized spacial score (nSPS) is 10.5. The molecule has 0 aliphatic heterocycles. The van der Waals surface area contributed by atoms with Crippen LogP contribution in [0.3, 0.4) is 0 Å². The summed E-state index contributed by atoms with van der Waals surface area (Å²) in [5.74, 6) is 1.47. The van der Waals surface area contributed by atoms with Crippen molar-refractivity contribution in [1.82, 2.24) is 10.3 Å². The second-order valence-corrected chi connectivity index (χ2v) is 6.44. The Hall–Kier alpha value is -1.69. The van der Waals surface area contributed by atoms with Crippen molar-refractivity contribution >= 4 is 39.2 Å². The molecule has 6 heteroatoms. The van der Waals surface area contributed by atoms with Crippen LogP contribution in [0, 0.1) is 0 Å². The third-order valence-electron chi connectivity index (χ3n) is 4.11. The van der Waals surface area contributed by atoms with E-state index in [0.717, 1.165) is 41.0 Å². The van der Waals surface area contributed by atoms with Gasteiger partial charge in [0.05, 0.1) is 14.2 Å². The molecule has 0 bridgehead atoms. The molecule has 2 aromatic carbocycles. The average molecular weight is 426 g/mol. The van der Waals surface area contributed by atoms with Crippen molar-refractivity contribution in [3.63, 3.8) is 0 Å². The molecule has 0 amide bonds. The van der Waals surface area contributed by atoms with E-state index in [9.17, 15) is 0 Å². The number of fused-ring (bicyclic) bond motifs is 1. The van der Waals surface area contributed by atoms with E-state index in [1.54, 1.807) is 14.2 Å². The standard InChI is InChI=1S/C19H21BrN2O2.ClH/c1-23-18-9-14(16(20)10-19(18)24-2)11-21-8-7-13-12-22-17-6-4-3-5-15(13)17;/h3-6,9-10,12,21-22H,7-8,11H2,1-2H3;1H. The van der Waals surface area contributed by atoms with E-state index >= 15 is 0 Å². The van der Waals surface area contributed by atoms with Crippen LogP contribution < -0.4 is 14.8 Å². The highest BCUT2D eigenvalue weighted by Gasteiger charge is 2.09. The molecule has 2 N–H and O–H groups in total. The third kappa shape index (κ3) is 4.48. The van der Waals surface area contributed by atoms with E-state index in [2.05, 4.69) is 56.7 Å². The highest BCUT2D eigenvalue weighted by atomic mass is 79.9. The first kappa shape index (κ1) is 19.6. The molecule has 3 aromatic rings. The maximum Gasteiger partial charge on any atom is 0.161 e. The van der Waals surface area contributed by atoms with Crippen LogP contribution in [0.5, 0.6) is 11.5 Å². The van der Waals surface area contributed by atoms with Gasteiger partial charge >= 0.3 is 0 Å². The predicted molar refractivity (Wildman–Crippen MR) is 108 cm³/mol. The van der Waals surface area contributed by atoms with Crippen LogP contribution in [-0.4, -0.2) is 25.7 Å². The molecule has 0 saturated carbocycles. The molecule has 0 radical (unpaired) electrons. The van der Waals surface area contributed by atoms with Crippen molar-refractivity contribution in [3.8, 4) is 11.5 Å². The molecular weight excluding hydrogens is 404 g/mol. The monoisotopic (exact) mass is 424 g/mol. The Labute approximate surface area is 162 Å². The number of hydrogen-bond acceptors (Lipinski definition) is 3. The number of rotatable bonds is 7. The number of ether oxygens (including phenoxy) is 2. The van der Waals surface area contributed by atoms with Crippen molar-refractivity contribution in [1.29, 1.82) is 0 Å². The lowest BCUT2D eigenvalue weighted by atomic mass is 10.1. The number of benzene rings is 2. The Morgan fingerprint density at radius 2 is 1.76 bits per heavy atom. The van der Waals surface area contributed by atoms with Crippen LogP contribution in [0.2, 0.25) is 0 Å². The molecule has 1 heterocycles. The van der Waals surface area contributed by atoms with Crippen LogP contribution in [0.4, 0.5) is 0 Å². The van der Waals surface area contributed by atoms with Crippen molar-refractivity contribution in [2.75, 3.05) is 20.8 Å². The lowest BCUT2D eigenvalue weighted by Crippen LogP contribution is -2.17. The largest absolute Gasteiger partial charge is 0.493 e. The number of aromatic nitrogens is 1. The van der Waals surface area contributed by atoms with Gasteiger partial charge in [0.2, 0.25) is 0 Å². The fourth-order valence-corrected chi connectivity index (χ4v) is 3.28. The maximum atomic E-state index is 5.37. The van der Waals surface area contributed by atoms with Gasteiger partial charge in [-0.1, -0.05) is 34.1 Å². The minimum absolute atomic E-state index is 0. The minimum Gasteiger partial charge on any atom is -0.493 e. The van der Waals surface area contributed by atoms with Gasteiger partial charge in [0.1, 0.15) is 0 Å². The van der Waals surface area contributed by atoms with Gasteiger partial charge in [0, 0.05) is 28.1 Å². The second kappa shape index (κ2) is 9.13. The van der Waals surface area contributed by atoms with E-state index in [0.29, 0.717) is 0 Å². The van der Waals surface area contributed by atoms with E-state index in [-0.39, 0.29) is 12.4 Å². The lowest BCUT2D eigenvalue weighted by molar-refractivity contribution is 0.354. The third-order valence-corrected chi connectivity index (χ3v) is 4.85. The van der Waals surface area contributed by atoms with Gasteiger partial charge in [-0.3, -0.25) is 0 Å². The molecular formula is C19H22BrClN2O2. The molecule has 134 valence electrons. The molecule has 25 heavy (non-hydrogen) atoms. The topological polar surface area (TPSA) is 46.3 Å². The quantitative estimate of drug-likeness (QED) is 0.539. The molecule has 0 atom stereocenters. The number of methoxy groups -OCH3 is 2. The maximum absolute atomic E-state index is 5.37. The summed E-state index contributed by atoms with van der Waals surface area (Å²) < 4.78 is 11.7. The van der Waals surface area contributed by atoms with Gasteiger partial charge in [0.15, 0.2) is 11.5 Å². The van der Waals surface area contributed by atoms with Gasteiger partial charge in [-0.05, 0) is 42.3 Å². The second-order valence-electron chi connectivity index (χ2n) is 5.58. The van der Waals surface area contributed by atoms with Crippen LogP contribution >= 0.6 is 28.3 Å². The Morgan fingerprint density at radius 3 is 2.52 bits per heavy atom. The zero-order valence-electron chi connectivity index (χ0n) is 14.3. The Balaban J connectivity index is 0.00000225. The van der Waals surface area contributed by atoms with Gasteiger partial charge in [-0.25, -0.2) is 0 Å². The molecule has 4 nitrogen and oxygen atoms in total. The summed E-state index contributed by atoms with van der Waals surface area (Å²) in [5.41, 5.74) is 3.67. The summed E-state index contributed by atoms with van der Waals surface area (Å²) in [6.07, 6.45) is 3.08. The lowest BCUT2D eigenvalue weighted by Gasteiger charge is -2.12. The summed E-state index contributed by atoms with van der Waals surface area (Å²) in [5, 5.41) is 4.79. The zero-order valence-corrected chi connectivity index (χ0v) is 16.7. The molecule has 0 saturated heterocycles. The number of aromatic amines is 1. The molecule has 0 fully saturated rings. The van der Waals surface area contributed by atoms with Crippen LogP contribution in [-0.2, 0) is 13.0 Å². The van der Waals surface area contributed by atoms with E-state index in [1.165, 1.54) is 16.5 Å². The number of halogens is 2. The molecule has 0 unspecified atom stereocenters. The Morgan fingerprint density at radius 1 is 1.04 bits per heavy atom. The first-order valence-electron chi connectivity index (χ1n) is 7.89. The SMILES string of the molecule is COc1cc(Br)c(CNCCc2c[nH]c3ccccc23)cc1OC.Cl. The Bertz CT molecular complexity index is 835. The predicted octanol–water partition coefficient (Wildman–Crippen LogP) is 4.70. The molecule has 0 aliphatic carbocycles. The first-order chi connectivity index (χ1) is 11.7. The highest BCUT2D eigenvalue weighted by Crippen LogP contribution is 2.33. The minimum atomic E-state index is 0. The summed E-state index contributed by atoms with van der Waals surface area (Å²) in [6.45, 7) is 1.67. The van der Waals surface area contributed by atoms with Crippen LogP contribution in [0.1, 0.15) is 11.1 Å². The molecule has 1 aromatic heterocycles. The fourth-order valence-electron chi connectivity index (χ4n) is 2.82. The van der Waals surface area contributed by atoms with Gasteiger partial charge in [-0.15, -0.1) is 12.4 Å². The van der Waals surface area contributed by atoms with Crippen LogP contribution in [0.25, 0.3) is 10.9 Å².